The first-order valence-corrected chi connectivity index (χ1v) is 8.05. The molecule has 0 radical (unpaired) electrons. The molecule has 1 aliphatic heterocycles. The third-order valence-corrected chi connectivity index (χ3v) is 4.63. The van der Waals surface area contributed by atoms with Gasteiger partial charge in [0, 0.05) is 31.4 Å². The van der Waals surface area contributed by atoms with Crippen LogP contribution in [0.3, 0.4) is 0 Å². The number of hydrogen-bond donors (Lipinski definition) is 0. The lowest BCUT2D eigenvalue weighted by atomic mass is 10.1. The van der Waals surface area contributed by atoms with Crippen LogP contribution in [0.2, 0.25) is 0 Å². The molecular weight excluding hydrogens is 282 g/mol. The molecule has 0 bridgehead atoms. The van der Waals surface area contributed by atoms with E-state index in [0.29, 0.717) is 5.88 Å². The van der Waals surface area contributed by atoms with Gasteiger partial charge in [0.05, 0.1) is 5.52 Å². The van der Waals surface area contributed by atoms with Crippen LogP contribution in [0.5, 0.6) is 0 Å². The van der Waals surface area contributed by atoms with Crippen LogP contribution in [0, 0.1) is 5.92 Å². The minimum absolute atomic E-state index is 0.524. The molecule has 3 rings (SSSR count). The molecule has 1 aromatic heterocycles. The monoisotopic (exact) mass is 303 g/mol. The highest BCUT2D eigenvalue weighted by Gasteiger charge is 2.21. The molecule has 21 heavy (non-hydrogen) atoms. The van der Waals surface area contributed by atoms with Crippen molar-refractivity contribution in [2.45, 2.75) is 12.3 Å². The quantitative estimate of drug-likeness (QED) is 0.807. The maximum Gasteiger partial charge on any atom is 0.129 e. The Bertz CT molecular complexity index is 628. The number of aromatic nitrogens is 1. The first kappa shape index (κ1) is 14.6. The zero-order valence-corrected chi connectivity index (χ0v) is 13.5. The first-order valence-electron chi connectivity index (χ1n) is 7.51. The van der Waals surface area contributed by atoms with E-state index in [1.807, 2.05) is 12.1 Å². The highest BCUT2D eigenvalue weighted by atomic mass is 35.5. The molecule has 0 amide bonds. The van der Waals surface area contributed by atoms with Crippen molar-refractivity contribution >= 4 is 28.3 Å². The van der Waals surface area contributed by atoms with E-state index >= 15 is 0 Å². The number of hydrogen-bond acceptors (Lipinski definition) is 3. The smallest absolute Gasteiger partial charge is 0.129 e. The van der Waals surface area contributed by atoms with Gasteiger partial charge in [-0.15, -0.1) is 11.6 Å². The largest absolute Gasteiger partial charge is 0.359 e. The molecule has 1 atom stereocenters. The topological polar surface area (TPSA) is 19.4 Å². The van der Waals surface area contributed by atoms with Gasteiger partial charge in [-0.25, -0.2) is 4.98 Å². The average Bonchev–Trinajstić information content (AvgIpc) is 2.91. The second kappa shape index (κ2) is 6.20. The zero-order chi connectivity index (χ0) is 14.8. The summed E-state index contributed by atoms with van der Waals surface area (Å²) in [5, 5.41) is 1.16. The summed E-state index contributed by atoms with van der Waals surface area (Å²) in [6.45, 7) is 3.44. The molecule has 0 saturated carbocycles. The van der Waals surface area contributed by atoms with E-state index < -0.39 is 0 Å². The minimum atomic E-state index is 0.524. The molecular formula is C17H22ClN3. The molecule has 112 valence electrons. The number of halogens is 1. The standard InChI is InChI=1S/C17H22ClN3/c1-20-8-7-13(11-20)12-21(2)17-9-14(10-18)15-5-3-4-6-16(15)19-17/h3-6,9,13H,7-8,10-12H2,1-2H3. The predicted molar refractivity (Wildman–Crippen MR) is 90.2 cm³/mol. The fraction of sp³-hybridized carbons (Fsp3) is 0.471. The van der Waals surface area contributed by atoms with E-state index in [0.717, 1.165) is 34.7 Å². The van der Waals surface area contributed by atoms with Crippen molar-refractivity contribution in [2.75, 3.05) is 38.6 Å². The Balaban J connectivity index is 1.85. The number of alkyl halides is 1. The van der Waals surface area contributed by atoms with Gasteiger partial charge in [0.15, 0.2) is 0 Å². The van der Waals surface area contributed by atoms with Crippen LogP contribution in [0.1, 0.15) is 12.0 Å². The summed E-state index contributed by atoms with van der Waals surface area (Å²) in [6, 6.07) is 10.4. The van der Waals surface area contributed by atoms with Crippen molar-refractivity contribution in [3.05, 3.63) is 35.9 Å². The Hall–Kier alpha value is -1.32. The van der Waals surface area contributed by atoms with Gasteiger partial charge in [-0.2, -0.15) is 0 Å². The van der Waals surface area contributed by atoms with Crippen LogP contribution in [-0.4, -0.2) is 43.6 Å². The van der Waals surface area contributed by atoms with E-state index in [2.05, 4.69) is 42.1 Å². The van der Waals surface area contributed by atoms with Gasteiger partial charge in [-0.1, -0.05) is 18.2 Å². The summed E-state index contributed by atoms with van der Waals surface area (Å²) in [5.41, 5.74) is 2.19. The van der Waals surface area contributed by atoms with Crippen molar-refractivity contribution in [1.82, 2.24) is 9.88 Å². The van der Waals surface area contributed by atoms with Crippen LogP contribution < -0.4 is 4.90 Å². The SMILES string of the molecule is CN1CCC(CN(C)c2cc(CCl)c3ccccc3n2)C1. The van der Waals surface area contributed by atoms with E-state index in [4.69, 9.17) is 16.6 Å². The van der Waals surface area contributed by atoms with Gasteiger partial charge in [0.1, 0.15) is 5.82 Å². The van der Waals surface area contributed by atoms with E-state index in [-0.39, 0.29) is 0 Å². The van der Waals surface area contributed by atoms with Crippen LogP contribution in [0.15, 0.2) is 30.3 Å². The highest BCUT2D eigenvalue weighted by Crippen LogP contribution is 2.25. The molecule has 0 N–H and O–H groups in total. The van der Waals surface area contributed by atoms with Crippen molar-refractivity contribution in [2.24, 2.45) is 5.92 Å². The third-order valence-electron chi connectivity index (χ3n) is 4.34. The van der Waals surface area contributed by atoms with Gasteiger partial charge in [0.2, 0.25) is 0 Å². The first-order chi connectivity index (χ1) is 10.2. The van der Waals surface area contributed by atoms with Crippen LogP contribution in [0.25, 0.3) is 10.9 Å². The van der Waals surface area contributed by atoms with E-state index in [1.54, 1.807) is 0 Å². The fourth-order valence-corrected chi connectivity index (χ4v) is 3.42. The number of rotatable bonds is 4. The lowest BCUT2D eigenvalue weighted by Gasteiger charge is -2.23. The predicted octanol–water partition coefficient (Wildman–Crippen LogP) is 3.36. The number of para-hydroxylation sites is 1. The summed E-state index contributed by atoms with van der Waals surface area (Å²) in [4.78, 5) is 9.47. The summed E-state index contributed by atoms with van der Waals surface area (Å²) in [5.74, 6) is 2.28. The van der Waals surface area contributed by atoms with Crippen molar-refractivity contribution in [3.63, 3.8) is 0 Å². The lowest BCUT2D eigenvalue weighted by Crippen LogP contribution is -2.28. The highest BCUT2D eigenvalue weighted by molar-refractivity contribution is 6.18. The van der Waals surface area contributed by atoms with Crippen molar-refractivity contribution < 1.29 is 0 Å². The van der Waals surface area contributed by atoms with Crippen molar-refractivity contribution in [3.8, 4) is 0 Å². The average molecular weight is 304 g/mol. The maximum atomic E-state index is 6.12. The zero-order valence-electron chi connectivity index (χ0n) is 12.7. The summed E-state index contributed by atoms with van der Waals surface area (Å²) in [6.07, 6.45) is 1.27. The summed E-state index contributed by atoms with van der Waals surface area (Å²) in [7, 11) is 4.33. The second-order valence-corrected chi connectivity index (χ2v) is 6.36. The number of pyridine rings is 1. The number of anilines is 1. The molecule has 2 heterocycles. The lowest BCUT2D eigenvalue weighted by molar-refractivity contribution is 0.395. The van der Waals surface area contributed by atoms with Gasteiger partial charge < -0.3 is 9.80 Å². The Kier molecular flexibility index (Phi) is 4.32. The van der Waals surface area contributed by atoms with Crippen LogP contribution in [-0.2, 0) is 5.88 Å². The van der Waals surface area contributed by atoms with Crippen molar-refractivity contribution in [1.29, 1.82) is 0 Å². The minimum Gasteiger partial charge on any atom is -0.359 e. The normalized spacial score (nSPS) is 19.3. The Morgan fingerprint density at radius 2 is 2.19 bits per heavy atom. The van der Waals surface area contributed by atoms with E-state index in [9.17, 15) is 0 Å². The van der Waals surface area contributed by atoms with Gasteiger partial charge in [-0.05, 0) is 43.6 Å². The van der Waals surface area contributed by atoms with Crippen LogP contribution >= 0.6 is 11.6 Å². The molecule has 4 heteroatoms. The number of nitrogens with zero attached hydrogens (tertiary/aromatic N) is 3. The number of fused-ring (bicyclic) bond motifs is 1. The van der Waals surface area contributed by atoms with E-state index in [1.165, 1.54) is 19.5 Å². The third kappa shape index (κ3) is 3.14. The Morgan fingerprint density at radius 3 is 2.90 bits per heavy atom. The van der Waals surface area contributed by atoms with Crippen LogP contribution in [0.4, 0.5) is 5.82 Å². The van der Waals surface area contributed by atoms with Gasteiger partial charge in [-0.3, -0.25) is 0 Å². The molecule has 1 fully saturated rings. The number of benzene rings is 1. The molecule has 0 aliphatic carbocycles. The molecule has 1 aromatic carbocycles. The summed E-state index contributed by atoms with van der Waals surface area (Å²) >= 11 is 6.12. The molecule has 2 aromatic rings. The molecule has 1 saturated heterocycles. The summed E-state index contributed by atoms with van der Waals surface area (Å²) < 4.78 is 0. The fourth-order valence-electron chi connectivity index (χ4n) is 3.19. The Morgan fingerprint density at radius 1 is 1.38 bits per heavy atom. The Labute approximate surface area is 131 Å². The molecule has 1 unspecified atom stereocenters. The number of likely N-dealkylation sites (tertiary alicyclic amines) is 1. The molecule has 3 nitrogen and oxygen atoms in total. The molecule has 0 spiro atoms. The second-order valence-electron chi connectivity index (χ2n) is 6.09. The molecule has 1 aliphatic rings. The van der Waals surface area contributed by atoms with Gasteiger partial charge >= 0.3 is 0 Å². The van der Waals surface area contributed by atoms with Gasteiger partial charge in [0.25, 0.3) is 0 Å². The maximum absolute atomic E-state index is 6.12.